The molecule has 1 fully saturated rings. The van der Waals surface area contributed by atoms with E-state index < -0.39 is 23.9 Å². The molecule has 144 valence electrons. The number of carbonyl (C=O) groups excluding carboxylic acids is 2. The lowest BCUT2D eigenvalue weighted by atomic mass is 9.80. The minimum atomic E-state index is -4.25. The molecule has 0 aliphatic heterocycles. The minimum Gasteiger partial charge on any atom is -0.355 e. The van der Waals surface area contributed by atoms with Crippen molar-refractivity contribution in [1.29, 1.82) is 0 Å². The molecule has 2 unspecified atom stereocenters. The highest BCUT2D eigenvalue weighted by Gasteiger charge is 2.43. The first-order valence-electron chi connectivity index (χ1n) is 8.57. The third kappa shape index (κ3) is 6.00. The summed E-state index contributed by atoms with van der Waals surface area (Å²) >= 11 is 3.33. The first kappa shape index (κ1) is 20.7. The summed E-state index contributed by atoms with van der Waals surface area (Å²) in [4.78, 5) is 24.1. The second-order valence-electron chi connectivity index (χ2n) is 6.65. The zero-order valence-electron chi connectivity index (χ0n) is 14.5. The maximum Gasteiger partial charge on any atom is 0.391 e. The molecule has 0 radical (unpaired) electrons. The lowest BCUT2D eigenvalue weighted by molar-refractivity contribution is -0.186. The molecule has 26 heavy (non-hydrogen) atoms. The van der Waals surface area contributed by atoms with Crippen molar-refractivity contribution in [3.05, 3.63) is 28.2 Å². The van der Waals surface area contributed by atoms with Crippen LogP contribution >= 0.6 is 15.9 Å². The van der Waals surface area contributed by atoms with E-state index >= 15 is 0 Å². The van der Waals surface area contributed by atoms with E-state index in [9.17, 15) is 22.8 Å². The smallest absolute Gasteiger partial charge is 0.355 e. The zero-order valence-corrected chi connectivity index (χ0v) is 16.0. The third-order valence-electron chi connectivity index (χ3n) is 4.63. The van der Waals surface area contributed by atoms with Crippen LogP contribution in [0.3, 0.4) is 0 Å². The number of rotatable bonds is 5. The number of carbonyl (C=O) groups is 2. The number of amides is 2. The number of hydrogen-bond donors (Lipinski definition) is 2. The van der Waals surface area contributed by atoms with Gasteiger partial charge in [-0.15, -0.1) is 0 Å². The van der Waals surface area contributed by atoms with Crippen molar-refractivity contribution >= 4 is 33.4 Å². The van der Waals surface area contributed by atoms with Gasteiger partial charge in [0.25, 0.3) is 0 Å². The Morgan fingerprint density at radius 2 is 2.00 bits per heavy atom. The minimum absolute atomic E-state index is 0.0626. The van der Waals surface area contributed by atoms with E-state index in [1.165, 1.54) is 0 Å². The van der Waals surface area contributed by atoms with Gasteiger partial charge in [-0.1, -0.05) is 28.4 Å². The molecule has 2 atom stereocenters. The molecule has 0 saturated heterocycles. The van der Waals surface area contributed by atoms with Gasteiger partial charge in [0, 0.05) is 29.0 Å². The van der Waals surface area contributed by atoms with E-state index in [2.05, 4.69) is 26.6 Å². The number of nitrogens with one attached hydrogen (secondary N) is 2. The molecule has 1 saturated carbocycles. The van der Waals surface area contributed by atoms with E-state index in [0.29, 0.717) is 18.5 Å². The summed E-state index contributed by atoms with van der Waals surface area (Å²) < 4.78 is 39.3. The molecule has 0 spiro atoms. The van der Waals surface area contributed by atoms with E-state index in [-0.39, 0.29) is 31.7 Å². The van der Waals surface area contributed by atoms with Crippen molar-refractivity contribution < 1.29 is 22.8 Å². The Labute approximate surface area is 159 Å². The molecule has 1 aliphatic rings. The predicted octanol–water partition coefficient (Wildman–Crippen LogP) is 4.57. The van der Waals surface area contributed by atoms with Gasteiger partial charge in [0.15, 0.2) is 0 Å². The third-order valence-corrected chi connectivity index (χ3v) is 5.13. The van der Waals surface area contributed by atoms with Crippen LogP contribution in [0.4, 0.5) is 18.9 Å². The van der Waals surface area contributed by atoms with Crippen LogP contribution in [0.25, 0.3) is 0 Å². The van der Waals surface area contributed by atoms with Gasteiger partial charge in [-0.05, 0) is 43.9 Å². The normalized spacial score (nSPS) is 20.5. The Hall–Kier alpha value is -1.57. The van der Waals surface area contributed by atoms with Crippen molar-refractivity contribution in [2.45, 2.75) is 45.2 Å². The van der Waals surface area contributed by atoms with E-state index in [1.807, 2.05) is 19.1 Å². The van der Waals surface area contributed by atoms with Crippen LogP contribution in [0, 0.1) is 18.8 Å². The van der Waals surface area contributed by atoms with Gasteiger partial charge in [-0.3, -0.25) is 9.59 Å². The highest BCUT2D eigenvalue weighted by molar-refractivity contribution is 9.10. The Balaban J connectivity index is 1.77. The quantitative estimate of drug-likeness (QED) is 0.712. The fourth-order valence-electron chi connectivity index (χ4n) is 3.11. The number of benzene rings is 1. The van der Waals surface area contributed by atoms with Crippen molar-refractivity contribution in [1.82, 2.24) is 5.32 Å². The number of alkyl halides is 3. The van der Waals surface area contributed by atoms with Gasteiger partial charge in [-0.2, -0.15) is 13.2 Å². The number of hydrogen-bond acceptors (Lipinski definition) is 2. The largest absolute Gasteiger partial charge is 0.391 e. The molecule has 0 aromatic heterocycles. The predicted molar refractivity (Wildman–Crippen MR) is 96.6 cm³/mol. The first-order chi connectivity index (χ1) is 12.2. The average molecular weight is 435 g/mol. The average Bonchev–Trinajstić information content (AvgIpc) is 2.57. The van der Waals surface area contributed by atoms with E-state index in [4.69, 9.17) is 0 Å². The fraction of sp³-hybridized carbons (Fsp3) is 0.556. The molecule has 8 heteroatoms. The molecular formula is C18H22BrF3N2O2. The van der Waals surface area contributed by atoms with Gasteiger partial charge in [0.1, 0.15) is 0 Å². The van der Waals surface area contributed by atoms with Crippen LogP contribution in [-0.4, -0.2) is 24.5 Å². The molecule has 2 N–H and O–H groups in total. The van der Waals surface area contributed by atoms with Crippen LogP contribution in [-0.2, 0) is 9.59 Å². The lowest BCUT2D eigenvalue weighted by Crippen LogP contribution is -2.38. The van der Waals surface area contributed by atoms with E-state index in [1.54, 1.807) is 6.07 Å². The summed E-state index contributed by atoms with van der Waals surface area (Å²) in [6.07, 6.45) is -3.42. The van der Waals surface area contributed by atoms with Crippen molar-refractivity contribution in [3.8, 4) is 0 Å². The van der Waals surface area contributed by atoms with Gasteiger partial charge < -0.3 is 10.6 Å². The monoisotopic (exact) mass is 434 g/mol. The Kier molecular flexibility index (Phi) is 7.08. The maximum absolute atomic E-state index is 12.8. The summed E-state index contributed by atoms with van der Waals surface area (Å²) in [6.45, 7) is 1.97. The van der Waals surface area contributed by atoms with E-state index in [0.717, 1.165) is 10.0 Å². The molecule has 2 rings (SSSR count). The van der Waals surface area contributed by atoms with Crippen molar-refractivity contribution in [2.24, 2.45) is 11.8 Å². The summed E-state index contributed by atoms with van der Waals surface area (Å²) in [5.41, 5.74) is 1.59. The molecule has 1 aromatic carbocycles. The molecular weight excluding hydrogens is 413 g/mol. The second kappa shape index (κ2) is 8.88. The van der Waals surface area contributed by atoms with Crippen LogP contribution in [0.5, 0.6) is 0 Å². The molecule has 1 aliphatic carbocycles. The number of halogens is 4. The SMILES string of the molecule is Cc1ccc(Br)cc1NC(=O)CCNC(=O)C1CCCC(C(F)(F)F)C1. The summed E-state index contributed by atoms with van der Waals surface area (Å²) in [7, 11) is 0. The van der Waals surface area contributed by atoms with Crippen LogP contribution in [0.2, 0.25) is 0 Å². The van der Waals surface area contributed by atoms with Crippen molar-refractivity contribution in [3.63, 3.8) is 0 Å². The topological polar surface area (TPSA) is 58.2 Å². The number of aryl methyl sites for hydroxylation is 1. The van der Waals surface area contributed by atoms with Crippen LogP contribution < -0.4 is 10.6 Å². The van der Waals surface area contributed by atoms with Crippen LogP contribution in [0.15, 0.2) is 22.7 Å². The fourth-order valence-corrected chi connectivity index (χ4v) is 3.47. The highest BCUT2D eigenvalue weighted by Crippen LogP contribution is 2.39. The molecule has 0 heterocycles. The van der Waals surface area contributed by atoms with Gasteiger partial charge in [0.2, 0.25) is 11.8 Å². The van der Waals surface area contributed by atoms with Gasteiger partial charge in [-0.25, -0.2) is 0 Å². The van der Waals surface area contributed by atoms with Crippen molar-refractivity contribution in [2.75, 3.05) is 11.9 Å². The summed E-state index contributed by atoms with van der Waals surface area (Å²) in [5, 5.41) is 5.35. The standard InChI is InChI=1S/C18H22BrF3N2O2/c1-11-5-6-14(19)10-15(11)24-16(25)7-8-23-17(26)12-3-2-4-13(9-12)18(20,21)22/h5-6,10,12-13H,2-4,7-9H2,1H3,(H,23,26)(H,24,25). The summed E-state index contributed by atoms with van der Waals surface area (Å²) in [6, 6.07) is 5.51. The Bertz CT molecular complexity index is 664. The van der Waals surface area contributed by atoms with Crippen LogP contribution in [0.1, 0.15) is 37.7 Å². The Morgan fingerprint density at radius 1 is 1.27 bits per heavy atom. The molecule has 1 aromatic rings. The molecule has 0 bridgehead atoms. The number of anilines is 1. The molecule has 2 amide bonds. The van der Waals surface area contributed by atoms with Gasteiger partial charge in [0.05, 0.1) is 5.92 Å². The maximum atomic E-state index is 12.8. The summed E-state index contributed by atoms with van der Waals surface area (Å²) in [5.74, 6) is -2.70. The zero-order chi connectivity index (χ0) is 19.3. The molecule has 4 nitrogen and oxygen atoms in total. The van der Waals surface area contributed by atoms with Gasteiger partial charge >= 0.3 is 6.18 Å². The second-order valence-corrected chi connectivity index (χ2v) is 7.57. The highest BCUT2D eigenvalue weighted by atomic mass is 79.9. The Morgan fingerprint density at radius 3 is 2.69 bits per heavy atom. The lowest BCUT2D eigenvalue weighted by Gasteiger charge is -2.29. The first-order valence-corrected chi connectivity index (χ1v) is 9.36.